The van der Waals surface area contributed by atoms with Crippen molar-refractivity contribution in [3.8, 4) is 43.4 Å². The van der Waals surface area contributed by atoms with Crippen LogP contribution in [0.3, 0.4) is 0 Å². The predicted molar refractivity (Wildman–Crippen MR) is 319 cm³/mol. The molecule has 2 unspecified atom stereocenters. The number of likely N-dealkylation sites (tertiary alicyclic amines) is 1. The van der Waals surface area contributed by atoms with E-state index in [4.69, 9.17) is 40.4 Å². The lowest BCUT2D eigenvalue weighted by Crippen LogP contribution is -2.54. The number of rotatable bonds is 10. The molecule has 434 valence electrons. The molecule has 8 N–H and O–H groups in total. The number of aliphatic hydroxyl groups excluding tert-OH is 2. The summed E-state index contributed by atoms with van der Waals surface area (Å²) in [5, 5.41) is 42.5. The Morgan fingerprint density at radius 1 is 0.786 bits per heavy atom. The average Bonchev–Trinajstić information content (AvgIpc) is 3.47. The zero-order valence-corrected chi connectivity index (χ0v) is 50.3. The summed E-state index contributed by atoms with van der Waals surface area (Å²) >= 11 is 6.98. The molecule has 6 atom stereocenters. The third-order valence-corrected chi connectivity index (χ3v) is 19.7. The molecule has 8 aromatic rings. The fourth-order valence-electron chi connectivity index (χ4n) is 9.80. The zero-order chi connectivity index (χ0) is 59.1. The van der Waals surface area contributed by atoms with Gasteiger partial charge >= 0.3 is 0 Å². The molecule has 0 aliphatic carbocycles. The van der Waals surface area contributed by atoms with Gasteiger partial charge in [-0.2, -0.15) is 0 Å². The van der Waals surface area contributed by atoms with E-state index in [-0.39, 0.29) is 50.5 Å². The summed E-state index contributed by atoms with van der Waals surface area (Å²) in [6, 6.07) is 8.19. The summed E-state index contributed by atoms with van der Waals surface area (Å²) in [6.07, 6.45) is -0.817. The number of amides is 6. The van der Waals surface area contributed by atoms with E-state index >= 15 is 4.79 Å². The Balaban J connectivity index is 1.05. The molecule has 0 saturated carbocycles. The largest absolute Gasteiger partial charge is 0.475 e. The molecular weight excluding hydrogens is 1200 g/mol. The number of aliphatic imine (C=N–C) groups is 1. The average molecular weight is 1250 g/mol. The molecule has 1 saturated heterocycles. The molecule has 0 spiro atoms. The monoisotopic (exact) mass is 1250 g/mol. The van der Waals surface area contributed by atoms with Gasteiger partial charge in [-0.15, -0.1) is 68.0 Å². The number of hydrogen-bond donors (Lipinski definition) is 7. The number of primary amides is 1. The summed E-state index contributed by atoms with van der Waals surface area (Å²) in [6.45, 7) is 6.45. The van der Waals surface area contributed by atoms with E-state index in [9.17, 15) is 34.2 Å². The number of anilines is 1. The van der Waals surface area contributed by atoms with E-state index in [0.717, 1.165) is 44.6 Å². The standard InChI is InChI=1S/C54H53N15O9S6/c1-23(2)36-52-66-39(33(17-70)84-52)44(74)57-16-35(71)64-40(42(72)26-10-7-6-8-11-26)51-61-30(21-82-51)50-60-29(20-81-50)38-27(13-14-28(59-38)49-58-24(3)19-79-49)48-62-31(22-80-48)53(77)69(54-67-37(25(4)83-54)45(75)65-36)41(46(76)56-5)47-63-34(18-78-47)68-15-9-12-32(68)43(55)73/h6-8,10-11,13-14,19-23,32,34,36,40-42,70,72H,9,12,15-18H2,1-5H3,(H2,55,73)(H,56,76)(H,57,74)(H,64,71)(H,65,75)/t32-,34+,36-,40?,41-,42?/m0/s1. The highest BCUT2D eigenvalue weighted by Gasteiger charge is 2.45. The first kappa shape index (κ1) is 58.1. The van der Waals surface area contributed by atoms with E-state index in [1.165, 1.54) is 41.1 Å². The molecule has 84 heavy (non-hydrogen) atoms. The topological polar surface area (TPSA) is 335 Å². The number of nitrogens with one attached hydrogen (secondary N) is 4. The summed E-state index contributed by atoms with van der Waals surface area (Å²) in [7, 11) is 1.39. The number of carbonyl (C=O) groups excluding carboxylic acids is 6. The molecule has 24 nitrogen and oxygen atoms in total. The van der Waals surface area contributed by atoms with E-state index < -0.39 is 85.0 Å². The second-order valence-electron chi connectivity index (χ2n) is 19.9. The van der Waals surface area contributed by atoms with E-state index in [0.29, 0.717) is 78.2 Å². The van der Waals surface area contributed by atoms with Gasteiger partial charge in [0.1, 0.15) is 84.1 Å². The minimum absolute atomic E-state index is 0.0592. The molecule has 30 heteroatoms. The SMILES string of the molecule is CNC(=O)[C@@H](C1=N[C@H](N2CCC[C@H]2C(N)=O)CO1)N1C(=O)c2csc(n2)-c2ccc(-c3nc(C)cs3)nc2-c2csc(n2)-c2csc(n2)C(C(O)c2ccccc2)NC(=O)CNC(=O)c2nc(sc2CO)[C@H](C(C)C)NC(=O)c2nc1sc2C. The van der Waals surface area contributed by atoms with Gasteiger partial charge in [-0.1, -0.05) is 44.2 Å². The van der Waals surface area contributed by atoms with Crippen LogP contribution in [0.5, 0.6) is 0 Å². The summed E-state index contributed by atoms with van der Waals surface area (Å²) < 4.78 is 6.19. The third-order valence-electron chi connectivity index (χ3n) is 14.0. The van der Waals surface area contributed by atoms with Crippen molar-refractivity contribution in [2.75, 3.05) is 31.6 Å². The minimum Gasteiger partial charge on any atom is -0.475 e. The Kier molecular flexibility index (Phi) is 16.9. The first-order valence-electron chi connectivity index (χ1n) is 26.3. The molecule has 6 amide bonds. The Bertz CT molecular complexity index is 3870. The molecule has 10 heterocycles. The van der Waals surface area contributed by atoms with Crippen molar-refractivity contribution in [1.82, 2.24) is 61.1 Å². The van der Waals surface area contributed by atoms with Gasteiger partial charge in [-0.3, -0.25) is 38.6 Å². The van der Waals surface area contributed by atoms with Crippen molar-refractivity contribution in [1.29, 1.82) is 0 Å². The second-order valence-corrected chi connectivity index (χ2v) is 25.7. The number of nitrogens with zero attached hydrogens (tertiary/aromatic N) is 10. The van der Waals surface area contributed by atoms with Gasteiger partial charge in [-0.25, -0.2) is 39.9 Å². The molecule has 7 aromatic heterocycles. The fourth-order valence-corrected chi connectivity index (χ4v) is 15.2. The van der Waals surface area contributed by atoms with Gasteiger partial charge in [0.15, 0.2) is 11.2 Å². The van der Waals surface area contributed by atoms with Gasteiger partial charge < -0.3 is 42.0 Å². The number of nitrogens with two attached hydrogens (primary N) is 1. The molecule has 3 aliphatic rings. The van der Waals surface area contributed by atoms with Crippen LogP contribution in [0, 0.1) is 19.8 Å². The van der Waals surface area contributed by atoms with Crippen molar-refractivity contribution < 1.29 is 43.7 Å². The number of aromatic nitrogens is 7. The van der Waals surface area contributed by atoms with Gasteiger partial charge in [0.25, 0.3) is 23.6 Å². The number of pyridine rings is 1. The van der Waals surface area contributed by atoms with Crippen LogP contribution in [0.15, 0.2) is 69.0 Å². The molecule has 0 radical (unpaired) electrons. The predicted octanol–water partition coefficient (Wildman–Crippen LogP) is 5.83. The Hall–Kier alpha value is -7.68. The molecule has 1 fully saturated rings. The smallest absolute Gasteiger partial charge is 0.280 e. The number of aryl methyl sites for hydroxylation is 2. The van der Waals surface area contributed by atoms with Crippen LogP contribution in [-0.2, 0) is 25.7 Å². The van der Waals surface area contributed by atoms with Crippen molar-refractivity contribution in [3.05, 3.63) is 112 Å². The zero-order valence-electron chi connectivity index (χ0n) is 45.4. The minimum atomic E-state index is -1.62. The van der Waals surface area contributed by atoms with E-state index in [2.05, 4.69) is 31.2 Å². The highest BCUT2D eigenvalue weighted by Crippen LogP contribution is 2.41. The maximum absolute atomic E-state index is 15.6. The quantitative estimate of drug-likeness (QED) is 0.0847. The molecule has 10 bridgehead atoms. The third kappa shape index (κ3) is 11.6. The number of likely N-dealkylation sites (N-methyl/N-ethyl adjacent to an activating group) is 1. The van der Waals surface area contributed by atoms with Gasteiger partial charge in [-0.05, 0) is 50.3 Å². The number of hydrogen-bond acceptors (Lipinski definition) is 24. The lowest BCUT2D eigenvalue weighted by Gasteiger charge is -2.27. The van der Waals surface area contributed by atoms with E-state index in [1.54, 1.807) is 54.1 Å². The Morgan fingerprint density at radius 3 is 2.26 bits per heavy atom. The van der Waals surface area contributed by atoms with Crippen molar-refractivity contribution in [3.63, 3.8) is 0 Å². The first-order valence-corrected chi connectivity index (χ1v) is 31.4. The molecule has 1 aromatic carbocycles. The van der Waals surface area contributed by atoms with Gasteiger partial charge in [0, 0.05) is 51.2 Å². The number of ether oxygens (including phenoxy) is 1. The summed E-state index contributed by atoms with van der Waals surface area (Å²) in [4.78, 5) is 127. The molecule has 3 aliphatic heterocycles. The number of fused-ring (bicyclic) bond motifs is 14. The van der Waals surface area contributed by atoms with Crippen molar-refractivity contribution in [2.45, 2.75) is 83.6 Å². The number of aliphatic hydroxyl groups is 2. The van der Waals surface area contributed by atoms with Crippen LogP contribution < -0.4 is 31.9 Å². The normalized spacial score (nSPS) is 19.6. The highest BCUT2D eigenvalue weighted by atomic mass is 32.1. The molecule has 11 rings (SSSR count). The van der Waals surface area contributed by atoms with Crippen LogP contribution in [0.1, 0.15) is 107 Å². The maximum Gasteiger partial charge on any atom is 0.280 e. The van der Waals surface area contributed by atoms with Crippen LogP contribution in [0.2, 0.25) is 0 Å². The second kappa shape index (κ2) is 24.5. The lowest BCUT2D eigenvalue weighted by molar-refractivity contribution is -0.123. The van der Waals surface area contributed by atoms with Crippen LogP contribution in [-0.4, -0.2) is 136 Å². The van der Waals surface area contributed by atoms with Crippen molar-refractivity contribution in [2.24, 2.45) is 16.6 Å². The fraction of sp³-hybridized carbons (Fsp3) is 0.333. The Labute approximate surface area is 503 Å². The Morgan fingerprint density at radius 2 is 1.52 bits per heavy atom. The first-order chi connectivity index (χ1) is 40.5. The highest BCUT2D eigenvalue weighted by molar-refractivity contribution is 7.16. The van der Waals surface area contributed by atoms with Gasteiger partial charge in [0.2, 0.25) is 17.7 Å². The van der Waals surface area contributed by atoms with Crippen LogP contribution in [0.25, 0.3) is 43.4 Å². The summed E-state index contributed by atoms with van der Waals surface area (Å²) in [5.74, 6) is -4.67. The number of benzene rings is 1. The van der Waals surface area contributed by atoms with Gasteiger partial charge in [0.05, 0.1) is 35.8 Å². The maximum atomic E-state index is 15.6. The number of thiazole rings is 6. The summed E-state index contributed by atoms with van der Waals surface area (Å²) in [5.41, 5.74) is 9.04. The number of carbonyl (C=O) groups is 6. The van der Waals surface area contributed by atoms with Crippen molar-refractivity contribution >= 4 is 114 Å². The lowest BCUT2D eigenvalue weighted by atomic mass is 10.0. The van der Waals surface area contributed by atoms with E-state index in [1.807, 2.05) is 42.5 Å². The van der Waals surface area contributed by atoms with Crippen LogP contribution >= 0.6 is 68.0 Å². The van der Waals surface area contributed by atoms with Crippen LogP contribution in [0.4, 0.5) is 5.13 Å². The molecular formula is C54H53N15O9S6.